The topological polar surface area (TPSA) is 85.9 Å². The number of hydrogen-bond acceptors (Lipinski definition) is 5. The molecule has 172 valence electrons. The van der Waals surface area contributed by atoms with Gasteiger partial charge >= 0.3 is 0 Å². The summed E-state index contributed by atoms with van der Waals surface area (Å²) in [6.45, 7) is 0.407. The van der Waals surface area contributed by atoms with E-state index < -0.39 is 0 Å². The van der Waals surface area contributed by atoms with Crippen LogP contribution in [0.1, 0.15) is 26.3 Å². The molecule has 0 radical (unpaired) electrons. The highest BCUT2D eigenvalue weighted by Crippen LogP contribution is 2.28. The molecule has 0 aliphatic heterocycles. The molecule has 0 heterocycles. The van der Waals surface area contributed by atoms with Gasteiger partial charge in [-0.2, -0.15) is 0 Å². The van der Waals surface area contributed by atoms with Crippen LogP contribution in [0.5, 0.6) is 17.2 Å². The molecule has 2 N–H and O–H groups in total. The van der Waals surface area contributed by atoms with Crippen molar-refractivity contribution in [3.8, 4) is 17.2 Å². The molecule has 0 saturated carbocycles. The van der Waals surface area contributed by atoms with Crippen LogP contribution in [0, 0.1) is 0 Å². The Labute approximate surface area is 197 Å². The summed E-state index contributed by atoms with van der Waals surface area (Å²) in [6.07, 6.45) is 0.602. The van der Waals surface area contributed by atoms with Crippen LogP contribution < -0.4 is 24.8 Å². The van der Waals surface area contributed by atoms with E-state index in [4.69, 9.17) is 25.8 Å². The Hall–Kier alpha value is -3.71. The summed E-state index contributed by atoms with van der Waals surface area (Å²) in [7, 11) is 4.66. The zero-order chi connectivity index (χ0) is 23.8. The van der Waals surface area contributed by atoms with E-state index in [2.05, 4.69) is 10.6 Å². The van der Waals surface area contributed by atoms with E-state index in [1.165, 1.54) is 13.2 Å². The Morgan fingerprint density at radius 1 is 0.818 bits per heavy atom. The maximum atomic E-state index is 12.8. The molecule has 7 nitrogen and oxygen atoms in total. The van der Waals surface area contributed by atoms with Crippen molar-refractivity contribution < 1.29 is 23.8 Å². The molecule has 0 bridgehead atoms. The maximum Gasteiger partial charge on any atom is 0.255 e. The second-order valence-corrected chi connectivity index (χ2v) is 7.45. The molecule has 3 rings (SSSR count). The standard InChI is InChI=1S/C25H25ClN2O5/c1-31-21-11-9-17(15-19(21)26)24(29)28-20-7-5-4-6-18(20)25(30)27-13-12-16-8-10-22(32-2)23(14-16)33-3/h4-11,14-15H,12-13H2,1-3H3,(H,27,30)(H,28,29). The first kappa shape index (κ1) is 23.9. The molecular formula is C25H25ClN2O5. The number of hydrogen-bond donors (Lipinski definition) is 2. The van der Waals surface area contributed by atoms with Crippen molar-refractivity contribution in [2.45, 2.75) is 6.42 Å². The van der Waals surface area contributed by atoms with Crippen LogP contribution in [-0.4, -0.2) is 39.7 Å². The predicted molar refractivity (Wildman–Crippen MR) is 128 cm³/mol. The molecule has 0 aliphatic rings. The van der Waals surface area contributed by atoms with Gasteiger partial charge in [0.25, 0.3) is 11.8 Å². The Balaban J connectivity index is 1.65. The number of anilines is 1. The Kier molecular flexibility index (Phi) is 8.16. The van der Waals surface area contributed by atoms with Crippen molar-refractivity contribution in [1.82, 2.24) is 5.32 Å². The first-order valence-corrected chi connectivity index (χ1v) is 10.6. The van der Waals surface area contributed by atoms with Crippen LogP contribution in [0.25, 0.3) is 0 Å². The normalized spacial score (nSPS) is 10.3. The molecule has 3 aromatic rings. The van der Waals surface area contributed by atoms with E-state index in [1.54, 1.807) is 50.6 Å². The van der Waals surface area contributed by atoms with Crippen molar-refractivity contribution in [2.75, 3.05) is 33.2 Å². The van der Waals surface area contributed by atoms with Crippen LogP contribution >= 0.6 is 11.6 Å². The van der Waals surface area contributed by atoms with Crippen molar-refractivity contribution >= 4 is 29.1 Å². The summed E-state index contributed by atoms with van der Waals surface area (Å²) in [4.78, 5) is 25.5. The number of carbonyl (C=O) groups excluding carboxylic acids is 2. The molecule has 8 heteroatoms. The number of rotatable bonds is 9. The van der Waals surface area contributed by atoms with Gasteiger partial charge in [0.1, 0.15) is 5.75 Å². The van der Waals surface area contributed by atoms with Gasteiger partial charge in [-0.25, -0.2) is 0 Å². The molecule has 3 aromatic carbocycles. The lowest BCUT2D eigenvalue weighted by Crippen LogP contribution is -2.27. The first-order valence-electron chi connectivity index (χ1n) is 10.2. The smallest absolute Gasteiger partial charge is 0.255 e. The highest BCUT2D eigenvalue weighted by molar-refractivity contribution is 6.32. The summed E-state index contributed by atoms with van der Waals surface area (Å²) < 4.78 is 15.7. The SMILES string of the molecule is COc1ccc(C(=O)Nc2ccccc2C(=O)NCCc2ccc(OC)c(OC)c2)cc1Cl. The lowest BCUT2D eigenvalue weighted by Gasteiger charge is -2.13. The minimum Gasteiger partial charge on any atom is -0.495 e. The second-order valence-electron chi connectivity index (χ2n) is 7.04. The minimum absolute atomic E-state index is 0.292. The number of halogens is 1. The number of para-hydroxylation sites is 1. The molecule has 0 aromatic heterocycles. The lowest BCUT2D eigenvalue weighted by molar-refractivity contribution is 0.0955. The summed E-state index contributed by atoms with van der Waals surface area (Å²) in [5.41, 5.74) is 2.10. The van der Waals surface area contributed by atoms with Gasteiger partial charge in [0.15, 0.2) is 11.5 Å². The summed E-state index contributed by atoms with van der Waals surface area (Å²) in [6, 6.07) is 17.2. The predicted octanol–water partition coefficient (Wildman–Crippen LogP) is 4.59. The van der Waals surface area contributed by atoms with Gasteiger partial charge in [-0.3, -0.25) is 9.59 Å². The number of methoxy groups -OCH3 is 3. The third kappa shape index (κ3) is 5.96. The van der Waals surface area contributed by atoms with Crippen LogP contribution in [-0.2, 0) is 6.42 Å². The zero-order valence-corrected chi connectivity index (χ0v) is 19.4. The summed E-state index contributed by atoms with van der Waals surface area (Å²) >= 11 is 6.12. The summed E-state index contributed by atoms with van der Waals surface area (Å²) in [5.74, 6) is 1.08. The van der Waals surface area contributed by atoms with Crippen LogP contribution in [0.15, 0.2) is 60.7 Å². The van der Waals surface area contributed by atoms with E-state index >= 15 is 0 Å². The monoisotopic (exact) mass is 468 g/mol. The van der Waals surface area contributed by atoms with E-state index in [0.717, 1.165) is 5.56 Å². The van der Waals surface area contributed by atoms with Crippen LogP contribution in [0.2, 0.25) is 5.02 Å². The third-order valence-corrected chi connectivity index (χ3v) is 5.28. The third-order valence-electron chi connectivity index (χ3n) is 4.98. The van der Waals surface area contributed by atoms with E-state index in [9.17, 15) is 9.59 Å². The van der Waals surface area contributed by atoms with Gasteiger partial charge in [-0.15, -0.1) is 0 Å². The molecule has 0 atom stereocenters. The average Bonchev–Trinajstić information content (AvgIpc) is 2.84. The van der Waals surface area contributed by atoms with Crippen molar-refractivity contribution in [1.29, 1.82) is 0 Å². The van der Waals surface area contributed by atoms with Gasteiger partial charge < -0.3 is 24.8 Å². The number of benzene rings is 3. The number of carbonyl (C=O) groups is 2. The van der Waals surface area contributed by atoms with Gasteiger partial charge in [0.2, 0.25) is 0 Å². The summed E-state index contributed by atoms with van der Waals surface area (Å²) in [5, 5.41) is 6.00. The maximum absolute atomic E-state index is 12.8. The van der Waals surface area contributed by atoms with E-state index in [0.29, 0.717) is 52.1 Å². The van der Waals surface area contributed by atoms with Crippen molar-refractivity contribution in [3.63, 3.8) is 0 Å². The molecule has 0 unspecified atom stereocenters. The molecule has 0 spiro atoms. The Morgan fingerprint density at radius 3 is 2.21 bits per heavy atom. The number of nitrogens with one attached hydrogen (secondary N) is 2. The second kappa shape index (κ2) is 11.2. The van der Waals surface area contributed by atoms with Gasteiger partial charge in [0.05, 0.1) is 37.6 Å². The van der Waals surface area contributed by atoms with Crippen LogP contribution in [0.3, 0.4) is 0 Å². The minimum atomic E-state index is -0.384. The average molecular weight is 469 g/mol. The molecule has 2 amide bonds. The fraction of sp³-hybridized carbons (Fsp3) is 0.200. The number of amides is 2. The molecule has 0 fully saturated rings. The zero-order valence-electron chi connectivity index (χ0n) is 18.6. The van der Waals surface area contributed by atoms with Gasteiger partial charge in [0, 0.05) is 12.1 Å². The van der Waals surface area contributed by atoms with E-state index in [1.807, 2.05) is 18.2 Å². The van der Waals surface area contributed by atoms with Gasteiger partial charge in [-0.05, 0) is 54.4 Å². The highest BCUT2D eigenvalue weighted by atomic mass is 35.5. The van der Waals surface area contributed by atoms with Gasteiger partial charge in [-0.1, -0.05) is 29.8 Å². The fourth-order valence-corrected chi connectivity index (χ4v) is 3.50. The van der Waals surface area contributed by atoms with E-state index in [-0.39, 0.29) is 11.8 Å². The lowest BCUT2D eigenvalue weighted by atomic mass is 10.1. The molecule has 0 saturated heterocycles. The highest BCUT2D eigenvalue weighted by Gasteiger charge is 2.15. The first-order chi connectivity index (χ1) is 16.0. The largest absolute Gasteiger partial charge is 0.495 e. The molecular weight excluding hydrogens is 444 g/mol. The Morgan fingerprint density at radius 2 is 1.52 bits per heavy atom. The van der Waals surface area contributed by atoms with Crippen LogP contribution in [0.4, 0.5) is 5.69 Å². The molecule has 0 aliphatic carbocycles. The van der Waals surface area contributed by atoms with Crippen molar-refractivity contribution in [2.24, 2.45) is 0 Å². The van der Waals surface area contributed by atoms with Crippen molar-refractivity contribution in [3.05, 3.63) is 82.4 Å². The molecule has 33 heavy (non-hydrogen) atoms. The number of ether oxygens (including phenoxy) is 3. The Bertz CT molecular complexity index is 1150. The fourth-order valence-electron chi connectivity index (χ4n) is 3.24. The quantitative estimate of drug-likeness (QED) is 0.479.